The molecule has 0 aromatic carbocycles. The van der Waals surface area contributed by atoms with E-state index in [2.05, 4.69) is 5.32 Å². The molecule has 1 heterocycles. The lowest BCUT2D eigenvalue weighted by molar-refractivity contribution is 0.284. The molecule has 1 fully saturated rings. The molecule has 1 N–H and O–H groups in total. The average Bonchev–Trinajstić information content (AvgIpc) is 2.19. The van der Waals surface area contributed by atoms with Crippen molar-refractivity contribution in [1.82, 2.24) is 13.9 Å². The van der Waals surface area contributed by atoms with Crippen LogP contribution in [0.4, 0.5) is 0 Å². The van der Waals surface area contributed by atoms with Crippen LogP contribution in [0.2, 0.25) is 0 Å². The number of nitrogens with one attached hydrogen (secondary N) is 1. The number of halogens is 1. The Morgan fingerprint density at radius 1 is 1.38 bits per heavy atom. The largest absolute Gasteiger partial charge is 0.312 e. The fraction of sp³-hybridized carbons (Fsp3) is 1.00. The quantitative estimate of drug-likeness (QED) is 0.800. The van der Waals surface area contributed by atoms with Gasteiger partial charge in [-0.15, -0.1) is 12.4 Å². The van der Waals surface area contributed by atoms with E-state index in [0.29, 0.717) is 26.2 Å². The smallest absolute Gasteiger partial charge is 0.282 e. The van der Waals surface area contributed by atoms with Crippen molar-refractivity contribution in [2.24, 2.45) is 0 Å². The van der Waals surface area contributed by atoms with Gasteiger partial charge in [0.2, 0.25) is 0 Å². The molecule has 1 rings (SSSR count). The van der Waals surface area contributed by atoms with Gasteiger partial charge >= 0.3 is 0 Å². The number of hydrogen-bond acceptors (Lipinski definition) is 3. The van der Waals surface area contributed by atoms with Gasteiger partial charge in [-0.2, -0.15) is 17.0 Å². The van der Waals surface area contributed by atoms with Crippen LogP contribution in [0.3, 0.4) is 0 Å². The number of nitrogens with zero attached hydrogens (tertiary/aromatic N) is 2. The van der Waals surface area contributed by atoms with E-state index in [0.717, 1.165) is 6.54 Å². The zero-order valence-corrected chi connectivity index (χ0v) is 11.8. The lowest BCUT2D eigenvalue weighted by atomic mass is 10.3. The summed E-state index contributed by atoms with van der Waals surface area (Å²) in [7, 11) is -3.23. The summed E-state index contributed by atoms with van der Waals surface area (Å²) in [5, 5.41) is 3.23. The molecule has 7 heteroatoms. The van der Waals surface area contributed by atoms with Crippen molar-refractivity contribution >= 4 is 22.6 Å². The predicted octanol–water partition coefficient (Wildman–Crippen LogP) is 0.288. The van der Waals surface area contributed by atoms with Crippen molar-refractivity contribution < 1.29 is 8.42 Å². The lowest BCUT2D eigenvalue weighted by Crippen LogP contribution is -2.55. The predicted molar refractivity (Wildman–Crippen MR) is 68.1 cm³/mol. The second kappa shape index (κ2) is 6.76. The van der Waals surface area contributed by atoms with Crippen LogP contribution in [0.1, 0.15) is 20.8 Å². The van der Waals surface area contributed by atoms with Crippen molar-refractivity contribution in [2.45, 2.75) is 26.8 Å². The van der Waals surface area contributed by atoms with Crippen LogP contribution in [-0.4, -0.2) is 55.8 Å². The topological polar surface area (TPSA) is 52.7 Å². The van der Waals surface area contributed by atoms with Crippen LogP contribution in [0.15, 0.2) is 0 Å². The van der Waals surface area contributed by atoms with E-state index in [4.69, 9.17) is 0 Å². The molecule has 0 spiro atoms. The number of piperazine rings is 1. The van der Waals surface area contributed by atoms with E-state index >= 15 is 0 Å². The summed E-state index contributed by atoms with van der Waals surface area (Å²) in [6, 6.07) is 0.240. The van der Waals surface area contributed by atoms with E-state index < -0.39 is 10.2 Å². The van der Waals surface area contributed by atoms with E-state index in [1.807, 2.05) is 20.8 Å². The van der Waals surface area contributed by atoms with Gasteiger partial charge in [0, 0.05) is 38.8 Å². The van der Waals surface area contributed by atoms with Crippen molar-refractivity contribution in [1.29, 1.82) is 0 Å². The maximum Gasteiger partial charge on any atom is 0.282 e. The first-order chi connectivity index (χ1) is 7.02. The highest BCUT2D eigenvalue weighted by Gasteiger charge is 2.30. The molecule has 0 saturated carbocycles. The second-order valence-corrected chi connectivity index (χ2v) is 5.73. The number of hydrogen-bond donors (Lipinski definition) is 1. The third-order valence-corrected chi connectivity index (χ3v) is 4.84. The fourth-order valence-electron chi connectivity index (χ4n) is 1.82. The zero-order chi connectivity index (χ0) is 11.5. The normalized spacial score (nSPS) is 23.1. The molecule has 98 valence electrons. The van der Waals surface area contributed by atoms with Gasteiger partial charge in [0.15, 0.2) is 0 Å². The molecule has 1 aliphatic heterocycles. The lowest BCUT2D eigenvalue weighted by Gasteiger charge is -2.34. The van der Waals surface area contributed by atoms with Gasteiger partial charge in [0.1, 0.15) is 0 Å². The Balaban J connectivity index is 0.00000225. The highest BCUT2D eigenvalue weighted by Crippen LogP contribution is 2.10. The van der Waals surface area contributed by atoms with Gasteiger partial charge in [-0.1, -0.05) is 13.8 Å². The molecule has 1 saturated heterocycles. The van der Waals surface area contributed by atoms with Gasteiger partial charge in [0.25, 0.3) is 10.2 Å². The van der Waals surface area contributed by atoms with E-state index in [1.54, 1.807) is 4.31 Å². The van der Waals surface area contributed by atoms with E-state index in [1.165, 1.54) is 4.31 Å². The summed E-state index contributed by atoms with van der Waals surface area (Å²) in [4.78, 5) is 0. The van der Waals surface area contributed by atoms with Gasteiger partial charge < -0.3 is 5.32 Å². The maximum atomic E-state index is 12.1. The minimum absolute atomic E-state index is 0. The Kier molecular flexibility index (Phi) is 6.81. The monoisotopic (exact) mass is 271 g/mol. The minimum Gasteiger partial charge on any atom is -0.312 e. The Bertz CT molecular complexity index is 293. The molecule has 0 aromatic heterocycles. The Hall–Kier alpha value is 0.120. The summed E-state index contributed by atoms with van der Waals surface area (Å²) < 4.78 is 27.3. The fourth-order valence-corrected chi connectivity index (χ4v) is 3.53. The Labute approximate surface area is 105 Å². The molecule has 1 atom stereocenters. The zero-order valence-electron chi connectivity index (χ0n) is 10.1. The molecule has 0 amide bonds. The van der Waals surface area contributed by atoms with Crippen LogP contribution >= 0.6 is 12.4 Å². The second-order valence-electron chi connectivity index (χ2n) is 3.81. The molecule has 0 aromatic rings. The van der Waals surface area contributed by atoms with Gasteiger partial charge in [-0.3, -0.25) is 0 Å². The summed E-state index contributed by atoms with van der Waals surface area (Å²) in [5.41, 5.74) is 0. The third kappa shape index (κ3) is 3.56. The van der Waals surface area contributed by atoms with Gasteiger partial charge in [0.05, 0.1) is 0 Å². The van der Waals surface area contributed by atoms with Crippen LogP contribution in [0.5, 0.6) is 0 Å². The highest BCUT2D eigenvalue weighted by atomic mass is 35.5. The van der Waals surface area contributed by atoms with E-state index in [-0.39, 0.29) is 18.4 Å². The van der Waals surface area contributed by atoms with Crippen LogP contribution in [0.25, 0.3) is 0 Å². The average molecular weight is 272 g/mol. The third-order valence-electron chi connectivity index (χ3n) is 2.69. The van der Waals surface area contributed by atoms with Crippen molar-refractivity contribution in [3.63, 3.8) is 0 Å². The summed E-state index contributed by atoms with van der Waals surface area (Å²) in [6.45, 7) is 8.70. The molecule has 0 bridgehead atoms. The van der Waals surface area contributed by atoms with Crippen molar-refractivity contribution in [3.05, 3.63) is 0 Å². The summed E-state index contributed by atoms with van der Waals surface area (Å²) >= 11 is 0. The van der Waals surface area contributed by atoms with Crippen molar-refractivity contribution in [2.75, 3.05) is 32.7 Å². The van der Waals surface area contributed by atoms with Gasteiger partial charge in [-0.25, -0.2) is 0 Å². The first-order valence-corrected chi connectivity index (χ1v) is 6.90. The molecule has 0 unspecified atom stereocenters. The Morgan fingerprint density at radius 3 is 2.38 bits per heavy atom. The van der Waals surface area contributed by atoms with Crippen LogP contribution in [-0.2, 0) is 10.2 Å². The first-order valence-electron chi connectivity index (χ1n) is 5.51. The maximum absolute atomic E-state index is 12.1. The molecule has 0 aliphatic carbocycles. The molecule has 0 radical (unpaired) electrons. The van der Waals surface area contributed by atoms with Crippen LogP contribution < -0.4 is 5.32 Å². The SMILES string of the molecule is CCN(CC)S(=O)(=O)N1CCN[C@@H](C)C1.Cl. The highest BCUT2D eigenvalue weighted by molar-refractivity contribution is 7.86. The Morgan fingerprint density at radius 2 is 1.94 bits per heavy atom. The standard InChI is InChI=1S/C9H21N3O2S.ClH/c1-4-11(5-2)15(13,14)12-7-6-10-9(3)8-12;/h9-10H,4-8H2,1-3H3;1H/t9-;/m0./s1. The van der Waals surface area contributed by atoms with Gasteiger partial charge in [-0.05, 0) is 6.92 Å². The molecular weight excluding hydrogens is 250 g/mol. The summed E-state index contributed by atoms with van der Waals surface area (Å²) in [5.74, 6) is 0. The van der Waals surface area contributed by atoms with E-state index in [9.17, 15) is 8.42 Å². The number of rotatable bonds is 4. The summed E-state index contributed by atoms with van der Waals surface area (Å²) in [6.07, 6.45) is 0. The molecule has 5 nitrogen and oxygen atoms in total. The molecular formula is C9H22ClN3O2S. The van der Waals surface area contributed by atoms with Crippen molar-refractivity contribution in [3.8, 4) is 0 Å². The minimum atomic E-state index is -3.23. The molecule has 16 heavy (non-hydrogen) atoms. The molecule has 1 aliphatic rings. The van der Waals surface area contributed by atoms with Crippen LogP contribution in [0, 0.1) is 0 Å². The first kappa shape index (κ1) is 16.1.